The fourth-order valence-electron chi connectivity index (χ4n) is 4.46. The quantitative estimate of drug-likeness (QED) is 0.210. The summed E-state index contributed by atoms with van der Waals surface area (Å²) in [5, 5.41) is 2.03. The molecule has 4 rings (SSSR count). The number of halogens is 2. The zero-order chi connectivity index (χ0) is 27.8. The second kappa shape index (κ2) is 13.5. The highest BCUT2D eigenvalue weighted by Crippen LogP contribution is 2.24. The van der Waals surface area contributed by atoms with Gasteiger partial charge in [0.05, 0.1) is 16.6 Å². The number of hydrogen-bond acceptors (Lipinski definition) is 3. The molecule has 8 heteroatoms. The molecule has 0 aliphatic rings. The summed E-state index contributed by atoms with van der Waals surface area (Å²) in [7, 11) is 0. The largest absolute Gasteiger partial charge is 0.484 e. The molecule has 1 aromatic heterocycles. The molecule has 39 heavy (non-hydrogen) atoms. The van der Waals surface area contributed by atoms with Gasteiger partial charge in [0.15, 0.2) is 6.61 Å². The van der Waals surface area contributed by atoms with Crippen molar-refractivity contribution in [1.29, 1.82) is 0 Å². The number of carbonyl (C=O) groups excluding carboxylic acids is 2. The van der Waals surface area contributed by atoms with E-state index in [1.54, 1.807) is 34.1 Å². The van der Waals surface area contributed by atoms with Crippen molar-refractivity contribution in [3.8, 4) is 5.75 Å². The molecule has 2 amide bonds. The molecule has 0 fully saturated rings. The summed E-state index contributed by atoms with van der Waals surface area (Å²) in [6.07, 6.45) is 2.65. The Morgan fingerprint density at radius 1 is 0.897 bits per heavy atom. The predicted molar refractivity (Wildman–Crippen MR) is 157 cm³/mol. The van der Waals surface area contributed by atoms with Crippen molar-refractivity contribution in [2.24, 2.45) is 5.92 Å². The van der Waals surface area contributed by atoms with E-state index in [1.807, 2.05) is 62.5 Å². The Bertz CT molecular complexity index is 1400. The minimum absolute atomic E-state index is 0.0373. The Morgan fingerprint density at radius 3 is 2.38 bits per heavy atom. The van der Waals surface area contributed by atoms with E-state index in [1.165, 1.54) is 0 Å². The maximum Gasteiger partial charge on any atom is 0.260 e. The highest BCUT2D eigenvalue weighted by Gasteiger charge is 2.23. The summed E-state index contributed by atoms with van der Waals surface area (Å²) < 4.78 is 5.68. The molecule has 1 heterocycles. The SMILES string of the molecule is CC(C)CN(CC(=O)N(CCc1c[nH]c2ccccc12)Cc1ccc(Cl)c(Cl)c1)C(=O)COc1ccccc1. The fourth-order valence-corrected chi connectivity index (χ4v) is 4.78. The fraction of sp³-hybridized carbons (Fsp3) is 0.290. The van der Waals surface area contributed by atoms with Crippen molar-refractivity contribution in [2.45, 2.75) is 26.8 Å². The first kappa shape index (κ1) is 28.5. The molecule has 3 aromatic carbocycles. The van der Waals surface area contributed by atoms with Crippen LogP contribution in [-0.2, 0) is 22.6 Å². The first-order valence-corrected chi connectivity index (χ1v) is 13.8. The van der Waals surface area contributed by atoms with Crippen LogP contribution in [0.3, 0.4) is 0 Å². The van der Waals surface area contributed by atoms with Gasteiger partial charge in [-0.3, -0.25) is 9.59 Å². The van der Waals surface area contributed by atoms with Gasteiger partial charge in [0.25, 0.3) is 5.91 Å². The minimum atomic E-state index is -0.230. The smallest absolute Gasteiger partial charge is 0.260 e. The van der Waals surface area contributed by atoms with E-state index in [-0.39, 0.29) is 30.9 Å². The van der Waals surface area contributed by atoms with Crippen LogP contribution >= 0.6 is 23.2 Å². The zero-order valence-electron chi connectivity index (χ0n) is 22.2. The van der Waals surface area contributed by atoms with Crippen LogP contribution in [0.5, 0.6) is 5.75 Å². The summed E-state index contributed by atoms with van der Waals surface area (Å²) in [4.78, 5) is 33.5. The Kier molecular flexibility index (Phi) is 9.90. The minimum Gasteiger partial charge on any atom is -0.484 e. The number of nitrogens with zero attached hydrogens (tertiary/aromatic N) is 2. The Balaban J connectivity index is 1.50. The lowest BCUT2D eigenvalue weighted by Crippen LogP contribution is -2.46. The molecule has 0 spiro atoms. The van der Waals surface area contributed by atoms with E-state index in [4.69, 9.17) is 27.9 Å². The van der Waals surface area contributed by atoms with Crippen LogP contribution in [-0.4, -0.2) is 52.8 Å². The monoisotopic (exact) mass is 565 g/mol. The van der Waals surface area contributed by atoms with Gasteiger partial charge in [-0.2, -0.15) is 0 Å². The number of hydrogen-bond donors (Lipinski definition) is 1. The van der Waals surface area contributed by atoms with Crippen LogP contribution in [0.1, 0.15) is 25.0 Å². The van der Waals surface area contributed by atoms with Gasteiger partial charge < -0.3 is 19.5 Å². The lowest BCUT2D eigenvalue weighted by molar-refractivity contribution is -0.142. The van der Waals surface area contributed by atoms with Gasteiger partial charge in [0.2, 0.25) is 5.91 Å². The third-order valence-corrected chi connectivity index (χ3v) is 7.15. The van der Waals surface area contributed by atoms with Gasteiger partial charge in [-0.25, -0.2) is 0 Å². The number of rotatable bonds is 12. The molecular formula is C31H33Cl2N3O3. The third-order valence-electron chi connectivity index (χ3n) is 6.41. The lowest BCUT2D eigenvalue weighted by atomic mass is 10.1. The maximum atomic E-state index is 13.7. The van der Waals surface area contributed by atoms with Gasteiger partial charge >= 0.3 is 0 Å². The molecule has 6 nitrogen and oxygen atoms in total. The number of carbonyl (C=O) groups is 2. The van der Waals surface area contributed by atoms with E-state index in [9.17, 15) is 9.59 Å². The van der Waals surface area contributed by atoms with E-state index >= 15 is 0 Å². The first-order valence-electron chi connectivity index (χ1n) is 13.0. The van der Waals surface area contributed by atoms with Gasteiger partial charge in [0.1, 0.15) is 5.75 Å². The van der Waals surface area contributed by atoms with E-state index < -0.39 is 0 Å². The summed E-state index contributed by atoms with van der Waals surface area (Å²) in [6.45, 7) is 5.15. The number of nitrogens with one attached hydrogen (secondary N) is 1. The lowest BCUT2D eigenvalue weighted by Gasteiger charge is -2.29. The van der Waals surface area contributed by atoms with Crippen LogP contribution in [0.15, 0.2) is 79.0 Å². The van der Waals surface area contributed by atoms with Crippen LogP contribution < -0.4 is 4.74 Å². The van der Waals surface area contributed by atoms with Crippen LogP contribution in [0, 0.1) is 5.92 Å². The topological polar surface area (TPSA) is 65.6 Å². The van der Waals surface area contributed by atoms with E-state index in [0.717, 1.165) is 22.0 Å². The Morgan fingerprint density at radius 2 is 1.64 bits per heavy atom. The zero-order valence-corrected chi connectivity index (χ0v) is 23.7. The predicted octanol–water partition coefficient (Wildman–Crippen LogP) is 6.61. The van der Waals surface area contributed by atoms with Crippen molar-refractivity contribution in [2.75, 3.05) is 26.2 Å². The van der Waals surface area contributed by atoms with Crippen molar-refractivity contribution in [3.63, 3.8) is 0 Å². The molecular weight excluding hydrogens is 533 g/mol. The number of aromatic amines is 1. The number of ether oxygens (including phenoxy) is 1. The number of aromatic nitrogens is 1. The number of amides is 2. The summed E-state index contributed by atoms with van der Waals surface area (Å²) in [5.41, 5.74) is 3.05. The first-order chi connectivity index (χ1) is 18.8. The standard InChI is InChI=1S/C31H33Cl2N3O3/c1-22(2)18-36(31(38)21-39-25-8-4-3-5-9-25)20-30(37)35(19-23-12-13-27(32)28(33)16-23)15-14-24-17-34-29-11-7-6-10-26(24)29/h3-13,16-17,22,34H,14-15,18-21H2,1-2H3. The Labute approximate surface area is 239 Å². The van der Waals surface area contributed by atoms with Crippen LogP contribution in [0.25, 0.3) is 10.9 Å². The highest BCUT2D eigenvalue weighted by molar-refractivity contribution is 6.42. The van der Waals surface area contributed by atoms with E-state index in [2.05, 4.69) is 11.1 Å². The van der Waals surface area contributed by atoms with Gasteiger partial charge in [0, 0.05) is 36.7 Å². The van der Waals surface area contributed by atoms with Gasteiger partial charge in [-0.15, -0.1) is 0 Å². The van der Waals surface area contributed by atoms with Gasteiger partial charge in [-0.1, -0.05) is 79.5 Å². The Hall–Kier alpha value is -3.48. The number of benzene rings is 3. The molecule has 0 saturated heterocycles. The van der Waals surface area contributed by atoms with Gasteiger partial charge in [-0.05, 0) is 53.8 Å². The molecule has 0 saturated carbocycles. The molecule has 4 aromatic rings. The summed E-state index contributed by atoms with van der Waals surface area (Å²) in [6, 6.07) is 22.7. The summed E-state index contributed by atoms with van der Waals surface area (Å²) >= 11 is 12.4. The molecule has 0 bridgehead atoms. The molecule has 0 aliphatic carbocycles. The average molecular weight is 567 g/mol. The van der Waals surface area contributed by atoms with Crippen LogP contribution in [0.4, 0.5) is 0 Å². The second-order valence-corrected chi connectivity index (χ2v) is 10.8. The molecule has 0 unspecified atom stereocenters. The summed E-state index contributed by atoms with van der Waals surface area (Å²) in [5.74, 6) is 0.427. The van der Waals surface area contributed by atoms with Crippen LogP contribution in [0.2, 0.25) is 10.0 Å². The number of para-hydroxylation sites is 2. The molecule has 1 N–H and O–H groups in total. The third kappa shape index (κ3) is 8.01. The average Bonchev–Trinajstić information content (AvgIpc) is 3.34. The molecule has 0 atom stereocenters. The molecule has 0 aliphatic heterocycles. The normalized spacial score (nSPS) is 11.1. The highest BCUT2D eigenvalue weighted by atomic mass is 35.5. The van der Waals surface area contributed by atoms with E-state index in [0.29, 0.717) is 41.8 Å². The molecule has 0 radical (unpaired) electrons. The van der Waals surface area contributed by atoms with Crippen molar-refractivity contribution in [1.82, 2.24) is 14.8 Å². The van der Waals surface area contributed by atoms with Crippen molar-refractivity contribution in [3.05, 3.63) is 100 Å². The number of fused-ring (bicyclic) bond motifs is 1. The second-order valence-electron chi connectivity index (χ2n) is 9.94. The molecule has 204 valence electrons. The van der Waals surface area contributed by atoms with Crippen molar-refractivity contribution >= 4 is 45.9 Å². The number of H-pyrrole nitrogens is 1. The maximum absolute atomic E-state index is 13.7. The van der Waals surface area contributed by atoms with Crippen molar-refractivity contribution < 1.29 is 14.3 Å².